The van der Waals surface area contributed by atoms with Crippen molar-refractivity contribution in [2.45, 2.75) is 46.1 Å². The Labute approximate surface area is 208 Å². The van der Waals surface area contributed by atoms with Crippen LogP contribution < -0.4 is 15.4 Å². The number of nitrogens with zero attached hydrogens (tertiary/aromatic N) is 2. The molecule has 1 aromatic heterocycles. The van der Waals surface area contributed by atoms with Crippen LogP contribution in [0.2, 0.25) is 5.02 Å². The Morgan fingerprint density at radius 1 is 1.06 bits per heavy atom. The molecule has 0 saturated carbocycles. The monoisotopic (exact) mass is 500 g/mol. The molecule has 1 heterocycles. The van der Waals surface area contributed by atoms with Crippen molar-refractivity contribution in [1.82, 2.24) is 15.5 Å². The predicted octanol–water partition coefficient (Wildman–Crippen LogP) is 5.82. The normalized spacial score (nSPS) is 12.6. The smallest absolute Gasteiger partial charge is 0.251 e. The maximum Gasteiger partial charge on any atom is 0.251 e. The van der Waals surface area contributed by atoms with E-state index in [1.54, 1.807) is 36.4 Å². The van der Waals surface area contributed by atoms with Crippen LogP contribution in [-0.4, -0.2) is 34.7 Å². The molecular weight excluding hydrogens is 472 g/mol. The standard InChI is InChI=1S/C25H29ClN4O3S/c1-4-6-15-33-20-13-9-17(10-14-20)22(31)27-21(16(3)5-2)23(32)28-25-30-29-24(34-25)18-7-11-19(26)12-8-18/h7-14,16,21H,4-6,15H2,1-3H3,(H,27,31)(H,28,30,32). The number of halogens is 1. The summed E-state index contributed by atoms with van der Waals surface area (Å²) < 4.78 is 5.65. The lowest BCUT2D eigenvalue weighted by Crippen LogP contribution is -2.47. The number of carbonyl (C=O) groups is 2. The first kappa shape index (κ1) is 25.6. The molecule has 0 aliphatic rings. The molecule has 0 fully saturated rings. The predicted molar refractivity (Wildman–Crippen MR) is 137 cm³/mol. The first-order chi connectivity index (χ1) is 16.4. The number of ether oxygens (including phenoxy) is 1. The van der Waals surface area contributed by atoms with Crippen LogP contribution in [0, 0.1) is 5.92 Å². The number of rotatable bonds is 11. The van der Waals surface area contributed by atoms with Gasteiger partial charge in [-0.1, -0.05) is 68.7 Å². The first-order valence-corrected chi connectivity index (χ1v) is 12.5. The van der Waals surface area contributed by atoms with Crippen LogP contribution in [0.5, 0.6) is 5.75 Å². The first-order valence-electron chi connectivity index (χ1n) is 11.3. The highest BCUT2D eigenvalue weighted by Gasteiger charge is 2.27. The molecule has 3 aromatic rings. The van der Waals surface area contributed by atoms with Crippen LogP contribution >= 0.6 is 22.9 Å². The maximum absolute atomic E-state index is 13.0. The lowest BCUT2D eigenvalue weighted by atomic mass is 9.98. The summed E-state index contributed by atoms with van der Waals surface area (Å²) in [4.78, 5) is 25.9. The molecular formula is C25H29ClN4O3S. The third-order valence-electron chi connectivity index (χ3n) is 5.41. The molecule has 2 atom stereocenters. The Bertz CT molecular complexity index is 1090. The molecule has 0 radical (unpaired) electrons. The molecule has 0 aliphatic carbocycles. The van der Waals surface area contributed by atoms with Gasteiger partial charge in [0.15, 0.2) is 0 Å². The van der Waals surface area contributed by atoms with Crippen molar-refractivity contribution in [2.24, 2.45) is 5.92 Å². The molecule has 9 heteroatoms. The summed E-state index contributed by atoms with van der Waals surface area (Å²) in [6.07, 6.45) is 2.75. The summed E-state index contributed by atoms with van der Waals surface area (Å²) >= 11 is 7.20. The number of nitrogens with one attached hydrogen (secondary N) is 2. The molecule has 0 spiro atoms. The Hall–Kier alpha value is -2.97. The second-order valence-electron chi connectivity index (χ2n) is 7.97. The fraction of sp³-hybridized carbons (Fsp3) is 0.360. The van der Waals surface area contributed by atoms with Gasteiger partial charge in [0.1, 0.15) is 16.8 Å². The highest BCUT2D eigenvalue weighted by atomic mass is 35.5. The van der Waals surface area contributed by atoms with Crippen LogP contribution in [0.1, 0.15) is 50.4 Å². The van der Waals surface area contributed by atoms with Crippen molar-refractivity contribution >= 4 is 39.9 Å². The number of amides is 2. The quantitative estimate of drug-likeness (QED) is 0.323. The summed E-state index contributed by atoms with van der Waals surface area (Å²) in [5.74, 6) is -0.0149. The van der Waals surface area contributed by atoms with Crippen LogP contribution in [0.15, 0.2) is 48.5 Å². The van der Waals surface area contributed by atoms with Crippen molar-refractivity contribution in [3.05, 3.63) is 59.1 Å². The molecule has 34 heavy (non-hydrogen) atoms. The van der Waals surface area contributed by atoms with Gasteiger partial charge in [-0.05, 0) is 48.7 Å². The summed E-state index contributed by atoms with van der Waals surface area (Å²) in [5.41, 5.74) is 1.32. The van der Waals surface area contributed by atoms with Gasteiger partial charge in [-0.15, -0.1) is 10.2 Å². The molecule has 7 nitrogen and oxygen atoms in total. The largest absolute Gasteiger partial charge is 0.494 e. The van der Waals surface area contributed by atoms with Gasteiger partial charge in [0, 0.05) is 16.1 Å². The van der Waals surface area contributed by atoms with Gasteiger partial charge < -0.3 is 10.1 Å². The van der Waals surface area contributed by atoms with Crippen molar-refractivity contribution in [3.63, 3.8) is 0 Å². The minimum absolute atomic E-state index is 0.0794. The van der Waals surface area contributed by atoms with Crippen molar-refractivity contribution in [1.29, 1.82) is 0 Å². The van der Waals surface area contributed by atoms with Gasteiger partial charge in [-0.25, -0.2) is 0 Å². The highest BCUT2D eigenvalue weighted by Crippen LogP contribution is 2.27. The zero-order chi connectivity index (χ0) is 24.5. The zero-order valence-electron chi connectivity index (χ0n) is 19.5. The number of aromatic nitrogens is 2. The summed E-state index contributed by atoms with van der Waals surface area (Å²) in [7, 11) is 0. The van der Waals surface area contributed by atoms with Gasteiger partial charge in [-0.3, -0.25) is 14.9 Å². The Morgan fingerprint density at radius 3 is 2.41 bits per heavy atom. The molecule has 2 amide bonds. The molecule has 0 aliphatic heterocycles. The molecule has 2 aromatic carbocycles. The van der Waals surface area contributed by atoms with E-state index in [-0.39, 0.29) is 17.7 Å². The molecule has 180 valence electrons. The number of hydrogen-bond acceptors (Lipinski definition) is 6. The van der Waals surface area contributed by atoms with E-state index in [2.05, 4.69) is 27.8 Å². The van der Waals surface area contributed by atoms with E-state index >= 15 is 0 Å². The van der Waals surface area contributed by atoms with E-state index in [0.717, 1.165) is 18.4 Å². The van der Waals surface area contributed by atoms with Gasteiger partial charge in [0.2, 0.25) is 11.0 Å². The number of unbranched alkanes of at least 4 members (excludes halogenated alkanes) is 1. The van der Waals surface area contributed by atoms with Crippen LogP contribution in [0.4, 0.5) is 5.13 Å². The topological polar surface area (TPSA) is 93.2 Å². The fourth-order valence-electron chi connectivity index (χ4n) is 3.13. The molecule has 0 saturated heterocycles. The van der Waals surface area contributed by atoms with Crippen LogP contribution in [-0.2, 0) is 4.79 Å². The van der Waals surface area contributed by atoms with Gasteiger partial charge >= 0.3 is 0 Å². The van der Waals surface area contributed by atoms with Crippen LogP contribution in [0.25, 0.3) is 10.6 Å². The SMILES string of the molecule is CCCCOc1ccc(C(=O)NC(C(=O)Nc2nnc(-c3ccc(Cl)cc3)s2)C(C)CC)cc1. The van der Waals surface area contributed by atoms with Crippen molar-refractivity contribution in [2.75, 3.05) is 11.9 Å². The maximum atomic E-state index is 13.0. The van der Waals surface area contributed by atoms with E-state index < -0.39 is 6.04 Å². The Balaban J connectivity index is 1.65. The zero-order valence-corrected chi connectivity index (χ0v) is 21.1. The second kappa shape index (κ2) is 12.5. The average molecular weight is 501 g/mol. The van der Waals surface area contributed by atoms with E-state index in [4.69, 9.17) is 16.3 Å². The van der Waals surface area contributed by atoms with Gasteiger partial charge in [0.05, 0.1) is 6.61 Å². The van der Waals surface area contributed by atoms with E-state index in [1.165, 1.54) is 11.3 Å². The third kappa shape index (κ3) is 7.01. The lowest BCUT2D eigenvalue weighted by molar-refractivity contribution is -0.119. The van der Waals surface area contributed by atoms with Gasteiger partial charge in [0.25, 0.3) is 5.91 Å². The van der Waals surface area contributed by atoms with Gasteiger partial charge in [-0.2, -0.15) is 0 Å². The second-order valence-corrected chi connectivity index (χ2v) is 9.39. The number of hydrogen-bond donors (Lipinski definition) is 2. The fourth-order valence-corrected chi connectivity index (χ4v) is 4.01. The Morgan fingerprint density at radius 2 is 1.76 bits per heavy atom. The van der Waals surface area contributed by atoms with E-state index in [9.17, 15) is 9.59 Å². The summed E-state index contributed by atoms with van der Waals surface area (Å²) in [6.45, 7) is 6.64. The third-order valence-corrected chi connectivity index (χ3v) is 6.55. The number of anilines is 1. The van der Waals surface area contributed by atoms with E-state index in [1.807, 2.05) is 26.0 Å². The Kier molecular flexibility index (Phi) is 9.42. The summed E-state index contributed by atoms with van der Waals surface area (Å²) in [5, 5.41) is 15.6. The highest BCUT2D eigenvalue weighted by molar-refractivity contribution is 7.18. The van der Waals surface area contributed by atoms with E-state index in [0.29, 0.717) is 39.5 Å². The minimum Gasteiger partial charge on any atom is -0.494 e. The van der Waals surface area contributed by atoms with Crippen molar-refractivity contribution < 1.29 is 14.3 Å². The summed E-state index contributed by atoms with van der Waals surface area (Å²) in [6, 6.07) is 13.4. The molecule has 0 bridgehead atoms. The molecule has 3 rings (SSSR count). The number of benzene rings is 2. The molecule has 2 N–H and O–H groups in total. The lowest BCUT2D eigenvalue weighted by Gasteiger charge is -2.23. The number of carbonyl (C=O) groups excluding carboxylic acids is 2. The van der Waals surface area contributed by atoms with Crippen molar-refractivity contribution in [3.8, 4) is 16.3 Å². The van der Waals surface area contributed by atoms with Crippen LogP contribution in [0.3, 0.4) is 0 Å². The minimum atomic E-state index is -0.721. The average Bonchev–Trinajstić information content (AvgIpc) is 3.31. The molecule has 2 unspecified atom stereocenters.